The molecule has 0 radical (unpaired) electrons. The molecule has 0 unspecified atom stereocenters. The summed E-state index contributed by atoms with van der Waals surface area (Å²) >= 11 is 2.03. The van der Waals surface area contributed by atoms with Crippen LogP contribution in [0.4, 0.5) is 5.82 Å². The molecule has 0 aliphatic rings. The molecule has 4 N–H and O–H groups in total. The molecule has 0 saturated carbocycles. The van der Waals surface area contributed by atoms with Gasteiger partial charge in [0.05, 0.1) is 5.39 Å². The molecule has 0 bridgehead atoms. The molecule has 0 aliphatic heterocycles. The number of halogens is 1. The van der Waals surface area contributed by atoms with Crippen LogP contribution in [0, 0.1) is 3.70 Å². The summed E-state index contributed by atoms with van der Waals surface area (Å²) in [6, 6.07) is 0. The minimum absolute atomic E-state index is 0.404. The lowest BCUT2D eigenvalue weighted by atomic mass is 10.4. The first-order valence-corrected chi connectivity index (χ1v) is 4.18. The fraction of sp³-hybridized carbons (Fsp3) is 0. The van der Waals surface area contributed by atoms with E-state index in [1.165, 1.54) is 11.1 Å². The number of hydrogen-bond donors (Lipinski definition) is 2. The molecule has 0 atom stereocenters. The first-order valence-electron chi connectivity index (χ1n) is 3.10. The second-order valence-electron chi connectivity index (χ2n) is 2.19. The monoisotopic (exact) mass is 276 g/mol. The van der Waals surface area contributed by atoms with Crippen molar-refractivity contribution >= 4 is 39.4 Å². The van der Waals surface area contributed by atoms with Crippen LogP contribution in [0.2, 0.25) is 0 Å². The summed E-state index contributed by atoms with van der Waals surface area (Å²) < 4.78 is 0.711. The number of aromatic nitrogens is 4. The fourth-order valence-electron chi connectivity index (χ4n) is 0.953. The standard InChI is InChI=1S/C5H5IN6/c6-3-2-4(7)9-1-10-5(2)12(8)11-3/h1H,8H2,(H2,7,9,10). The van der Waals surface area contributed by atoms with Crippen LogP contribution in [0.3, 0.4) is 0 Å². The quantitative estimate of drug-likeness (QED) is 0.510. The molecular formula is C5H5IN6. The Kier molecular flexibility index (Phi) is 1.53. The Morgan fingerprint density at radius 2 is 2.17 bits per heavy atom. The van der Waals surface area contributed by atoms with Crippen molar-refractivity contribution in [1.82, 2.24) is 19.9 Å². The number of nitrogens with zero attached hydrogens (tertiary/aromatic N) is 4. The van der Waals surface area contributed by atoms with Crippen LogP contribution >= 0.6 is 22.6 Å². The van der Waals surface area contributed by atoms with Gasteiger partial charge in [-0.1, -0.05) is 0 Å². The summed E-state index contributed by atoms with van der Waals surface area (Å²) in [5.41, 5.74) is 6.15. The maximum atomic E-state index is 5.61. The van der Waals surface area contributed by atoms with Crippen molar-refractivity contribution in [3.05, 3.63) is 10.0 Å². The third-order valence-corrected chi connectivity index (χ3v) is 2.23. The zero-order valence-corrected chi connectivity index (χ0v) is 8.06. The highest BCUT2D eigenvalue weighted by atomic mass is 127. The van der Waals surface area contributed by atoms with E-state index in [1.54, 1.807) is 0 Å². The molecule has 2 rings (SSSR count). The third-order valence-electron chi connectivity index (χ3n) is 1.48. The van der Waals surface area contributed by atoms with Crippen molar-refractivity contribution in [3.8, 4) is 0 Å². The Labute approximate surface area is 81.1 Å². The van der Waals surface area contributed by atoms with Gasteiger partial charge in [0.25, 0.3) is 0 Å². The number of hydrogen-bond acceptors (Lipinski definition) is 5. The Morgan fingerprint density at radius 1 is 1.42 bits per heavy atom. The van der Waals surface area contributed by atoms with Crippen molar-refractivity contribution < 1.29 is 0 Å². The molecule has 0 amide bonds. The van der Waals surface area contributed by atoms with E-state index in [0.717, 1.165) is 0 Å². The Bertz CT molecular complexity index is 435. The average molecular weight is 276 g/mol. The van der Waals surface area contributed by atoms with Gasteiger partial charge in [0.2, 0.25) is 0 Å². The van der Waals surface area contributed by atoms with Gasteiger partial charge in [-0.25, -0.2) is 9.97 Å². The number of nitrogens with two attached hydrogens (primary N) is 2. The van der Waals surface area contributed by atoms with Gasteiger partial charge in [-0.15, -0.1) is 5.10 Å². The molecule has 6 nitrogen and oxygen atoms in total. The number of nitrogen functional groups attached to an aromatic ring is 2. The van der Waals surface area contributed by atoms with Crippen molar-refractivity contribution in [3.63, 3.8) is 0 Å². The zero-order chi connectivity index (χ0) is 8.72. The zero-order valence-electron chi connectivity index (χ0n) is 5.90. The SMILES string of the molecule is Nc1ncnc2c1c(I)nn2N. The third kappa shape index (κ3) is 0.891. The van der Waals surface area contributed by atoms with E-state index in [2.05, 4.69) is 15.1 Å². The smallest absolute Gasteiger partial charge is 0.186 e. The molecule has 2 aromatic rings. The average Bonchev–Trinajstić information content (AvgIpc) is 2.29. The van der Waals surface area contributed by atoms with E-state index in [4.69, 9.17) is 11.6 Å². The fourth-order valence-corrected chi connectivity index (χ4v) is 1.70. The van der Waals surface area contributed by atoms with Gasteiger partial charge in [-0.2, -0.15) is 4.79 Å². The van der Waals surface area contributed by atoms with Crippen molar-refractivity contribution in [2.24, 2.45) is 0 Å². The molecule has 0 fully saturated rings. The predicted octanol–water partition coefficient (Wildman–Crippen LogP) is -0.273. The van der Waals surface area contributed by atoms with Crippen LogP contribution in [-0.4, -0.2) is 19.9 Å². The number of rotatable bonds is 0. The molecule has 2 heterocycles. The van der Waals surface area contributed by atoms with Crippen LogP contribution < -0.4 is 11.6 Å². The van der Waals surface area contributed by atoms with Gasteiger partial charge >= 0.3 is 0 Å². The highest BCUT2D eigenvalue weighted by molar-refractivity contribution is 14.1. The van der Waals surface area contributed by atoms with Crippen LogP contribution in [0.1, 0.15) is 0 Å². The van der Waals surface area contributed by atoms with E-state index in [-0.39, 0.29) is 0 Å². The summed E-state index contributed by atoms with van der Waals surface area (Å²) in [6.07, 6.45) is 1.36. The molecule has 0 saturated heterocycles. The molecule has 0 spiro atoms. The van der Waals surface area contributed by atoms with E-state index < -0.39 is 0 Å². The first-order chi connectivity index (χ1) is 5.70. The second-order valence-corrected chi connectivity index (χ2v) is 3.21. The molecular weight excluding hydrogens is 271 g/mol. The Hall–Kier alpha value is -1.12. The molecule has 7 heteroatoms. The van der Waals surface area contributed by atoms with Gasteiger partial charge in [0.15, 0.2) is 5.65 Å². The van der Waals surface area contributed by atoms with Gasteiger partial charge in [-0.05, 0) is 22.6 Å². The molecule has 12 heavy (non-hydrogen) atoms. The van der Waals surface area contributed by atoms with Gasteiger partial charge in [0.1, 0.15) is 15.8 Å². The second kappa shape index (κ2) is 2.44. The largest absolute Gasteiger partial charge is 0.383 e. The van der Waals surface area contributed by atoms with Gasteiger partial charge in [0, 0.05) is 0 Å². The molecule has 0 aliphatic carbocycles. The summed E-state index contributed by atoms with van der Waals surface area (Å²) in [5.74, 6) is 5.90. The van der Waals surface area contributed by atoms with Crippen LogP contribution in [0.25, 0.3) is 11.0 Å². The summed E-state index contributed by atoms with van der Waals surface area (Å²) in [7, 11) is 0. The lowest BCUT2D eigenvalue weighted by Gasteiger charge is -1.93. The normalized spacial score (nSPS) is 10.8. The van der Waals surface area contributed by atoms with Crippen molar-refractivity contribution in [2.45, 2.75) is 0 Å². The molecule has 2 aromatic heterocycles. The van der Waals surface area contributed by atoms with Gasteiger partial charge in [-0.3, -0.25) is 0 Å². The van der Waals surface area contributed by atoms with Crippen LogP contribution in [0.15, 0.2) is 6.33 Å². The highest BCUT2D eigenvalue weighted by Crippen LogP contribution is 2.20. The molecule has 62 valence electrons. The lowest BCUT2D eigenvalue weighted by Crippen LogP contribution is -2.10. The molecule has 0 aromatic carbocycles. The Balaban J connectivity index is 2.99. The topological polar surface area (TPSA) is 95.6 Å². The summed E-state index contributed by atoms with van der Waals surface area (Å²) in [4.78, 5) is 8.97. The summed E-state index contributed by atoms with van der Waals surface area (Å²) in [6.45, 7) is 0. The van der Waals surface area contributed by atoms with Crippen LogP contribution in [-0.2, 0) is 0 Å². The maximum absolute atomic E-state index is 5.61. The van der Waals surface area contributed by atoms with Crippen molar-refractivity contribution in [1.29, 1.82) is 0 Å². The summed E-state index contributed by atoms with van der Waals surface area (Å²) in [5, 5.41) is 4.66. The van der Waals surface area contributed by atoms with Crippen molar-refractivity contribution in [2.75, 3.05) is 11.6 Å². The minimum atomic E-state index is 0.404. The van der Waals surface area contributed by atoms with E-state index in [0.29, 0.717) is 20.6 Å². The van der Waals surface area contributed by atoms with Crippen LogP contribution in [0.5, 0.6) is 0 Å². The van der Waals surface area contributed by atoms with Gasteiger partial charge < -0.3 is 11.6 Å². The Morgan fingerprint density at radius 3 is 2.83 bits per heavy atom. The number of fused-ring (bicyclic) bond motifs is 1. The van der Waals surface area contributed by atoms with E-state index in [1.807, 2.05) is 22.6 Å². The number of anilines is 1. The first kappa shape index (κ1) is 7.53. The highest BCUT2D eigenvalue weighted by Gasteiger charge is 2.10. The lowest BCUT2D eigenvalue weighted by molar-refractivity contribution is 0.838. The van der Waals surface area contributed by atoms with E-state index in [9.17, 15) is 0 Å². The maximum Gasteiger partial charge on any atom is 0.186 e. The minimum Gasteiger partial charge on any atom is -0.383 e. The van der Waals surface area contributed by atoms with E-state index >= 15 is 0 Å². The predicted molar refractivity (Wildman–Crippen MR) is 52.6 cm³/mol.